The van der Waals surface area contributed by atoms with E-state index in [1.54, 1.807) is 24.3 Å². The van der Waals surface area contributed by atoms with E-state index < -0.39 is 58.6 Å². The number of aliphatic carboxylic acids is 1. The highest BCUT2D eigenvalue weighted by molar-refractivity contribution is 7.84. The van der Waals surface area contributed by atoms with E-state index >= 15 is 0 Å². The molecule has 2 amide bonds. The van der Waals surface area contributed by atoms with E-state index in [9.17, 15) is 32.5 Å². The van der Waals surface area contributed by atoms with Crippen LogP contribution < -0.4 is 26.4 Å². The minimum atomic E-state index is -5.00. The number of nitrogens with two attached hydrogens (primary N) is 1. The molecule has 48 heavy (non-hydrogen) atoms. The third kappa shape index (κ3) is 8.17. The number of benzene rings is 1. The molecule has 0 bridgehead atoms. The van der Waals surface area contributed by atoms with Crippen LogP contribution in [0.5, 0.6) is 5.75 Å². The minimum absolute atomic E-state index is 0.0765. The molecule has 0 unspecified atom stereocenters. The summed E-state index contributed by atoms with van der Waals surface area (Å²) in [6.07, 6.45) is 2.43. The lowest BCUT2D eigenvalue weighted by molar-refractivity contribution is -0.152. The molecule has 2 aliphatic heterocycles. The van der Waals surface area contributed by atoms with Crippen molar-refractivity contribution in [2.75, 3.05) is 25.4 Å². The van der Waals surface area contributed by atoms with Crippen molar-refractivity contribution in [2.24, 2.45) is 5.16 Å². The molecule has 2 aliphatic rings. The molecular weight excluding hydrogens is 676 g/mol. The van der Waals surface area contributed by atoms with Crippen molar-refractivity contribution in [3.8, 4) is 5.75 Å². The molecule has 0 spiro atoms. The molecule has 8 N–H and O–H groups in total. The van der Waals surface area contributed by atoms with E-state index in [0.29, 0.717) is 17.1 Å². The van der Waals surface area contributed by atoms with Crippen molar-refractivity contribution in [2.45, 2.75) is 43.6 Å². The molecule has 4 heterocycles. The molecule has 256 valence electrons. The fraction of sp³-hybridized carbons (Fsp3) is 0.400. The monoisotopic (exact) mass is 706 g/mol. The lowest BCUT2D eigenvalue weighted by Gasteiger charge is -2.43. The highest BCUT2D eigenvalue weighted by Crippen LogP contribution is 2.25. The lowest BCUT2D eigenvalue weighted by Crippen LogP contribution is -2.73. The van der Waals surface area contributed by atoms with Gasteiger partial charge in [-0.1, -0.05) is 5.16 Å². The summed E-state index contributed by atoms with van der Waals surface area (Å²) in [7, 11) is -5.00. The van der Waals surface area contributed by atoms with Gasteiger partial charge in [-0.2, -0.15) is 22.9 Å². The van der Waals surface area contributed by atoms with Crippen molar-refractivity contribution in [1.29, 1.82) is 5.41 Å². The molecule has 0 aliphatic carbocycles. The predicted octanol–water partition coefficient (Wildman–Crippen LogP) is -2.17. The van der Waals surface area contributed by atoms with Gasteiger partial charge in [0, 0.05) is 23.1 Å². The Hall–Kier alpha value is -5.26. The molecule has 0 radical (unpaired) electrons. The Kier molecular flexibility index (Phi) is 10.4. The number of carboxylic acid groups (broad SMARTS) is 1. The zero-order valence-corrected chi connectivity index (χ0v) is 26.4. The number of carbonyl (C=O) groups is 3. The van der Waals surface area contributed by atoms with Crippen molar-refractivity contribution in [3.05, 3.63) is 48.3 Å². The van der Waals surface area contributed by atoms with Crippen LogP contribution in [0.2, 0.25) is 0 Å². The normalized spacial score (nSPS) is 19.2. The average Bonchev–Trinajstić information content (AvgIpc) is 3.73. The summed E-state index contributed by atoms with van der Waals surface area (Å²) in [5.41, 5.74) is 5.57. The van der Waals surface area contributed by atoms with Crippen LogP contribution in [0.3, 0.4) is 0 Å². The van der Waals surface area contributed by atoms with Crippen LogP contribution in [-0.2, 0) is 36.1 Å². The number of ether oxygens (including phenoxy) is 1. The quantitative estimate of drug-likeness (QED) is 0.0308. The SMILES string of the molecule is N=C(NC1CCNCC1)c1ccc(OC[C@H](O/N=C(\C(=O)N[C@@H]2C(=O)N(S(=O)(=O)O)[C@@H]2Cn2cncn2)c2nsc(N)n2)C(=O)O)cc1. The molecule has 5 rings (SSSR count). The Bertz CT molecular complexity index is 1780. The molecule has 3 aromatic rings. The van der Waals surface area contributed by atoms with E-state index in [0.717, 1.165) is 32.3 Å². The maximum absolute atomic E-state index is 13.3. The van der Waals surface area contributed by atoms with Crippen LogP contribution in [0.15, 0.2) is 42.1 Å². The Morgan fingerprint density at radius 2 is 1.96 bits per heavy atom. The number of nitrogen functional groups attached to an aromatic ring is 1. The smallest absolute Gasteiger partial charge is 0.362 e. The van der Waals surface area contributed by atoms with Gasteiger partial charge in [-0.25, -0.2) is 14.1 Å². The zero-order valence-electron chi connectivity index (χ0n) is 24.8. The van der Waals surface area contributed by atoms with Crippen molar-refractivity contribution < 1.29 is 42.0 Å². The molecule has 1 aromatic carbocycles. The van der Waals surface area contributed by atoms with Gasteiger partial charge in [-0.05, 0) is 50.2 Å². The van der Waals surface area contributed by atoms with E-state index in [4.69, 9.17) is 20.7 Å². The number of carboxylic acids is 1. The zero-order chi connectivity index (χ0) is 34.4. The first-order valence-electron chi connectivity index (χ1n) is 14.2. The molecule has 2 aromatic heterocycles. The molecule has 21 nitrogen and oxygen atoms in total. The van der Waals surface area contributed by atoms with E-state index in [1.807, 2.05) is 0 Å². The fourth-order valence-electron chi connectivity index (χ4n) is 4.79. The second-order valence-electron chi connectivity index (χ2n) is 10.5. The van der Waals surface area contributed by atoms with Gasteiger partial charge in [0.15, 0.2) is 5.13 Å². The number of amides is 2. The highest BCUT2D eigenvalue weighted by atomic mass is 32.2. The third-order valence-corrected chi connectivity index (χ3v) is 8.68. The van der Waals surface area contributed by atoms with Crippen LogP contribution in [0.25, 0.3) is 0 Å². The van der Waals surface area contributed by atoms with Gasteiger partial charge >= 0.3 is 16.3 Å². The Labute approximate surface area is 276 Å². The first-order chi connectivity index (χ1) is 22.9. The molecule has 2 saturated heterocycles. The summed E-state index contributed by atoms with van der Waals surface area (Å²) in [5.74, 6) is -3.67. The number of carbonyl (C=O) groups excluding carboxylic acids is 2. The van der Waals surface area contributed by atoms with Crippen LogP contribution in [0.4, 0.5) is 5.13 Å². The first kappa shape index (κ1) is 34.1. The maximum atomic E-state index is 13.3. The number of piperidine rings is 1. The van der Waals surface area contributed by atoms with Crippen molar-refractivity contribution in [1.82, 2.24) is 44.4 Å². The first-order valence-corrected chi connectivity index (χ1v) is 16.4. The highest BCUT2D eigenvalue weighted by Gasteiger charge is 2.54. The number of hydrogen-bond acceptors (Lipinski definition) is 16. The third-order valence-electron chi connectivity index (χ3n) is 7.19. The number of amidine groups is 1. The molecule has 23 heteroatoms. The maximum Gasteiger partial charge on any atom is 0.362 e. The summed E-state index contributed by atoms with van der Waals surface area (Å²) in [6, 6.07) is 3.77. The van der Waals surface area contributed by atoms with Gasteiger partial charge in [0.25, 0.3) is 17.9 Å². The van der Waals surface area contributed by atoms with Crippen LogP contribution in [-0.4, -0.2) is 120 Å². The Morgan fingerprint density at radius 3 is 2.56 bits per heavy atom. The van der Waals surface area contributed by atoms with E-state index in [2.05, 4.69) is 40.5 Å². The van der Waals surface area contributed by atoms with Crippen LogP contribution in [0, 0.1) is 5.41 Å². The van der Waals surface area contributed by atoms with Gasteiger partial charge < -0.3 is 36.4 Å². The fourth-order valence-corrected chi connectivity index (χ4v) is 6.10. The molecule has 0 saturated carbocycles. The van der Waals surface area contributed by atoms with Crippen molar-refractivity contribution in [3.63, 3.8) is 0 Å². The number of oxime groups is 1. The second-order valence-corrected chi connectivity index (χ2v) is 12.5. The van der Waals surface area contributed by atoms with Gasteiger partial charge in [0.2, 0.25) is 11.5 Å². The van der Waals surface area contributed by atoms with E-state index in [-0.39, 0.29) is 39.4 Å². The summed E-state index contributed by atoms with van der Waals surface area (Å²) in [5, 5.41) is 34.2. The minimum Gasteiger partial charge on any atom is -0.489 e. The standard InChI is InChI=1S/C25H30N12O9S2/c26-20(31-14-5-7-28-8-6-14)13-1-3-15(4-2-13)45-10-17(24(40)41)46-34-19(21-33-25(27)47-35-21)22(38)32-18-16(9-36-12-29-11-30-36)37(23(18)39)48(42,43)44/h1-4,11-12,14,16-18,28H,5-10H2,(H2,26,31)(H,32,38)(H,40,41)(H2,27,33,35)(H,42,43,44)/b34-19-/t16-,17+,18+/m1/s1. The number of β-lactam (4-membered cyclic amide) rings is 1. The van der Waals surface area contributed by atoms with Gasteiger partial charge in [-0.3, -0.25) is 24.2 Å². The van der Waals surface area contributed by atoms with Gasteiger partial charge in [-0.15, -0.1) is 0 Å². The second kappa shape index (κ2) is 14.7. The molecule has 2 fully saturated rings. The molecule has 3 atom stereocenters. The number of nitrogens with one attached hydrogen (secondary N) is 4. The number of anilines is 1. The number of aromatic nitrogens is 5. The summed E-state index contributed by atoms with van der Waals surface area (Å²) in [4.78, 5) is 50.7. The van der Waals surface area contributed by atoms with Gasteiger partial charge in [0.1, 0.15) is 36.9 Å². The lowest BCUT2D eigenvalue weighted by atomic mass is 9.98. The predicted molar refractivity (Wildman–Crippen MR) is 165 cm³/mol. The number of rotatable bonds is 14. The average molecular weight is 707 g/mol. The summed E-state index contributed by atoms with van der Waals surface area (Å²) >= 11 is 0.688. The van der Waals surface area contributed by atoms with E-state index in [1.165, 1.54) is 11.0 Å². The van der Waals surface area contributed by atoms with Crippen LogP contribution in [0.1, 0.15) is 24.2 Å². The Balaban J connectivity index is 1.26. The van der Waals surface area contributed by atoms with Crippen LogP contribution >= 0.6 is 11.5 Å². The number of hydrogen-bond donors (Lipinski definition) is 7. The largest absolute Gasteiger partial charge is 0.489 e. The van der Waals surface area contributed by atoms with Crippen molar-refractivity contribution >= 4 is 56.3 Å². The number of nitrogens with zero attached hydrogens (tertiary/aromatic N) is 7. The van der Waals surface area contributed by atoms with Gasteiger partial charge in [0.05, 0.1) is 12.6 Å². The summed E-state index contributed by atoms with van der Waals surface area (Å²) < 4.78 is 44.0. The topological polar surface area (TPSA) is 302 Å². The Morgan fingerprint density at radius 1 is 1.23 bits per heavy atom. The summed E-state index contributed by atoms with van der Waals surface area (Å²) in [6.45, 7) is 0.901. The molecular formula is C25H30N12O9S2.